The Kier molecular flexibility index (Phi) is 6.17. The van der Waals surface area contributed by atoms with E-state index in [-0.39, 0.29) is 24.8 Å². The molecule has 1 atom stereocenters. The number of anilines is 1. The molecular weight excluding hydrogens is 292 g/mol. The van der Waals surface area contributed by atoms with Crippen molar-refractivity contribution in [3.05, 3.63) is 29.8 Å². The molecule has 0 saturated carbocycles. The molecule has 0 saturated heterocycles. The predicted octanol–water partition coefficient (Wildman–Crippen LogP) is 1.54. The molecule has 0 aliphatic carbocycles. The smallest absolute Gasteiger partial charge is 0.306 e. The molecule has 1 aromatic carbocycles. The normalized spacial score (nSPS) is 13.1. The lowest BCUT2D eigenvalue weighted by atomic mass is 10.1. The zero-order valence-electron chi connectivity index (χ0n) is 12.6. The average Bonchev–Trinajstić information content (AvgIpc) is 2.44. The van der Waals surface area contributed by atoms with Crippen molar-refractivity contribution in [1.29, 1.82) is 0 Å². The van der Waals surface area contributed by atoms with Crippen LogP contribution < -0.4 is 5.73 Å². The summed E-state index contributed by atoms with van der Waals surface area (Å²) >= 11 is 0. The largest absolute Gasteiger partial charge is 0.466 e. The van der Waals surface area contributed by atoms with Gasteiger partial charge in [0, 0.05) is 18.8 Å². The first-order valence-corrected chi connectivity index (χ1v) is 8.35. The van der Waals surface area contributed by atoms with E-state index in [9.17, 15) is 13.2 Å². The first-order valence-electron chi connectivity index (χ1n) is 6.74. The summed E-state index contributed by atoms with van der Waals surface area (Å²) < 4.78 is 30.4. The lowest BCUT2D eigenvalue weighted by Crippen LogP contribution is -2.32. The van der Waals surface area contributed by atoms with Gasteiger partial charge in [0.2, 0.25) is 10.0 Å². The van der Waals surface area contributed by atoms with Gasteiger partial charge < -0.3 is 10.5 Å². The van der Waals surface area contributed by atoms with E-state index in [1.165, 1.54) is 11.4 Å². The van der Waals surface area contributed by atoms with Crippen LogP contribution in [0.2, 0.25) is 0 Å². The Morgan fingerprint density at radius 2 is 2.10 bits per heavy atom. The standard InChI is InChI=1S/C14H22N2O4S/c1-4-20-14(17)8-9-21(18,19)16(3)11(2)12-6-5-7-13(15)10-12/h5-7,10-11H,4,8-9,15H2,1-3H3. The van der Waals surface area contributed by atoms with E-state index >= 15 is 0 Å². The van der Waals surface area contributed by atoms with Crippen LogP contribution in [0.4, 0.5) is 5.69 Å². The van der Waals surface area contributed by atoms with Crippen LogP contribution in [0.1, 0.15) is 31.9 Å². The monoisotopic (exact) mass is 314 g/mol. The molecule has 0 heterocycles. The van der Waals surface area contributed by atoms with E-state index in [4.69, 9.17) is 10.5 Å². The topological polar surface area (TPSA) is 89.7 Å². The van der Waals surface area contributed by atoms with Crippen LogP contribution in [-0.2, 0) is 19.6 Å². The highest BCUT2D eigenvalue weighted by molar-refractivity contribution is 7.89. The van der Waals surface area contributed by atoms with Crippen molar-refractivity contribution in [3.8, 4) is 0 Å². The lowest BCUT2D eigenvalue weighted by Gasteiger charge is -2.24. The Morgan fingerprint density at radius 3 is 2.67 bits per heavy atom. The minimum Gasteiger partial charge on any atom is -0.466 e. The molecule has 0 aliphatic heterocycles. The number of nitrogens with zero attached hydrogens (tertiary/aromatic N) is 1. The molecule has 0 radical (unpaired) electrons. The molecular formula is C14H22N2O4S. The highest BCUT2D eigenvalue weighted by atomic mass is 32.2. The fraction of sp³-hybridized carbons (Fsp3) is 0.500. The van der Waals surface area contributed by atoms with E-state index in [1.807, 2.05) is 6.07 Å². The number of ether oxygens (including phenoxy) is 1. The second-order valence-corrected chi connectivity index (χ2v) is 6.88. The minimum absolute atomic E-state index is 0.149. The summed E-state index contributed by atoms with van der Waals surface area (Å²) in [5.41, 5.74) is 7.09. The molecule has 118 valence electrons. The van der Waals surface area contributed by atoms with Crippen LogP contribution in [0.3, 0.4) is 0 Å². The summed E-state index contributed by atoms with van der Waals surface area (Å²) in [7, 11) is -2.05. The van der Waals surface area contributed by atoms with E-state index in [0.29, 0.717) is 5.69 Å². The van der Waals surface area contributed by atoms with E-state index in [0.717, 1.165) is 5.56 Å². The Hall–Kier alpha value is -1.60. The molecule has 0 aliphatic rings. The minimum atomic E-state index is -3.54. The Balaban J connectivity index is 2.76. The van der Waals surface area contributed by atoms with Crippen LogP contribution in [0.15, 0.2) is 24.3 Å². The number of hydrogen-bond donors (Lipinski definition) is 1. The zero-order valence-corrected chi connectivity index (χ0v) is 13.4. The van der Waals surface area contributed by atoms with Gasteiger partial charge in [-0.3, -0.25) is 4.79 Å². The number of nitrogen functional groups attached to an aromatic ring is 1. The molecule has 0 fully saturated rings. The third-order valence-electron chi connectivity index (χ3n) is 3.25. The van der Waals surface area contributed by atoms with Gasteiger partial charge in [-0.25, -0.2) is 8.42 Å². The van der Waals surface area contributed by atoms with Crippen LogP contribution in [0.5, 0.6) is 0 Å². The van der Waals surface area contributed by atoms with Gasteiger partial charge in [-0.1, -0.05) is 12.1 Å². The summed E-state index contributed by atoms with van der Waals surface area (Å²) in [6.45, 7) is 3.70. The summed E-state index contributed by atoms with van der Waals surface area (Å²) in [4.78, 5) is 11.3. The maximum Gasteiger partial charge on any atom is 0.306 e. The van der Waals surface area contributed by atoms with Gasteiger partial charge in [-0.2, -0.15) is 4.31 Å². The van der Waals surface area contributed by atoms with Crippen molar-refractivity contribution in [2.45, 2.75) is 26.3 Å². The second-order valence-electron chi connectivity index (χ2n) is 4.73. The van der Waals surface area contributed by atoms with Crippen molar-refractivity contribution >= 4 is 21.7 Å². The third-order valence-corrected chi connectivity index (χ3v) is 5.16. The van der Waals surface area contributed by atoms with Gasteiger partial charge in [0.15, 0.2) is 0 Å². The summed E-state index contributed by atoms with van der Waals surface area (Å²) in [5, 5.41) is 0. The molecule has 6 nitrogen and oxygen atoms in total. The number of sulfonamides is 1. The van der Waals surface area contributed by atoms with Crippen LogP contribution >= 0.6 is 0 Å². The Bertz CT molecular complexity index is 586. The Morgan fingerprint density at radius 1 is 1.43 bits per heavy atom. The summed E-state index contributed by atoms with van der Waals surface area (Å²) in [6.07, 6.45) is -0.149. The molecule has 2 N–H and O–H groups in total. The number of rotatable bonds is 7. The van der Waals surface area contributed by atoms with Gasteiger partial charge in [0.25, 0.3) is 0 Å². The lowest BCUT2D eigenvalue weighted by molar-refractivity contribution is -0.142. The molecule has 1 rings (SSSR count). The van der Waals surface area contributed by atoms with Gasteiger partial charge in [0.1, 0.15) is 0 Å². The number of esters is 1. The van der Waals surface area contributed by atoms with E-state index < -0.39 is 16.0 Å². The highest BCUT2D eigenvalue weighted by Crippen LogP contribution is 2.23. The first kappa shape index (κ1) is 17.5. The summed E-state index contributed by atoms with van der Waals surface area (Å²) in [6, 6.07) is 6.72. The number of carbonyl (C=O) groups is 1. The van der Waals surface area contributed by atoms with Crippen molar-refractivity contribution in [2.75, 3.05) is 25.1 Å². The average molecular weight is 314 g/mol. The van der Waals surface area contributed by atoms with Crippen LogP contribution in [-0.4, -0.2) is 38.1 Å². The van der Waals surface area contributed by atoms with Gasteiger partial charge in [-0.15, -0.1) is 0 Å². The fourth-order valence-corrected chi connectivity index (χ4v) is 3.18. The van der Waals surface area contributed by atoms with Crippen LogP contribution in [0, 0.1) is 0 Å². The number of hydrogen-bond acceptors (Lipinski definition) is 5. The third kappa shape index (κ3) is 5.02. The molecule has 0 bridgehead atoms. The maximum absolute atomic E-state index is 12.2. The first-order chi connectivity index (χ1) is 9.77. The summed E-state index contributed by atoms with van der Waals surface area (Å²) in [5.74, 6) is -0.777. The number of benzene rings is 1. The molecule has 1 aromatic rings. The van der Waals surface area contributed by atoms with Crippen molar-refractivity contribution in [2.24, 2.45) is 0 Å². The van der Waals surface area contributed by atoms with E-state index in [1.54, 1.807) is 32.0 Å². The van der Waals surface area contributed by atoms with Gasteiger partial charge in [0.05, 0.1) is 18.8 Å². The van der Waals surface area contributed by atoms with Crippen molar-refractivity contribution in [3.63, 3.8) is 0 Å². The molecule has 0 amide bonds. The molecule has 1 unspecified atom stereocenters. The second kappa shape index (κ2) is 7.42. The quantitative estimate of drug-likeness (QED) is 0.609. The molecule has 7 heteroatoms. The SMILES string of the molecule is CCOC(=O)CCS(=O)(=O)N(C)C(C)c1cccc(N)c1. The fourth-order valence-electron chi connectivity index (χ4n) is 1.86. The zero-order chi connectivity index (χ0) is 16.0. The maximum atomic E-state index is 12.2. The van der Waals surface area contributed by atoms with E-state index in [2.05, 4.69) is 0 Å². The Labute approximate surface area is 125 Å². The predicted molar refractivity (Wildman–Crippen MR) is 82.1 cm³/mol. The van der Waals surface area contributed by atoms with Crippen molar-refractivity contribution < 1.29 is 17.9 Å². The highest BCUT2D eigenvalue weighted by Gasteiger charge is 2.25. The van der Waals surface area contributed by atoms with Gasteiger partial charge in [-0.05, 0) is 31.5 Å². The molecule has 0 aromatic heterocycles. The molecule has 21 heavy (non-hydrogen) atoms. The van der Waals surface area contributed by atoms with Crippen molar-refractivity contribution in [1.82, 2.24) is 4.31 Å². The number of carbonyl (C=O) groups excluding carboxylic acids is 1. The number of nitrogens with two attached hydrogens (primary N) is 1. The van der Waals surface area contributed by atoms with Gasteiger partial charge >= 0.3 is 5.97 Å². The molecule has 0 spiro atoms. The van der Waals surface area contributed by atoms with Crippen LogP contribution in [0.25, 0.3) is 0 Å².